The molecule has 106 valence electrons. The Morgan fingerprint density at radius 3 is 2.74 bits per heavy atom. The van der Waals surface area contributed by atoms with Gasteiger partial charge in [-0.2, -0.15) is 0 Å². The van der Waals surface area contributed by atoms with E-state index in [0.29, 0.717) is 29.9 Å². The van der Waals surface area contributed by atoms with Crippen LogP contribution >= 0.6 is 11.6 Å². The first-order chi connectivity index (χ1) is 8.79. The summed E-state index contributed by atoms with van der Waals surface area (Å²) in [7, 11) is 0. The Morgan fingerprint density at radius 1 is 1.47 bits per heavy atom. The van der Waals surface area contributed by atoms with Gasteiger partial charge in [0.25, 0.3) is 0 Å². The summed E-state index contributed by atoms with van der Waals surface area (Å²) >= 11 is 5.95. The van der Waals surface area contributed by atoms with Crippen LogP contribution in [0.25, 0.3) is 0 Å². The zero-order valence-electron chi connectivity index (χ0n) is 11.4. The lowest BCUT2D eigenvalue weighted by molar-refractivity contribution is -0.122. The van der Waals surface area contributed by atoms with Crippen molar-refractivity contribution in [3.8, 4) is 0 Å². The van der Waals surface area contributed by atoms with Crippen LogP contribution in [0, 0.1) is 0 Å². The predicted molar refractivity (Wildman–Crippen MR) is 74.2 cm³/mol. The average Bonchev–Trinajstić information content (AvgIpc) is 2.26. The quantitative estimate of drug-likeness (QED) is 0.608. The number of primary amides is 1. The van der Waals surface area contributed by atoms with E-state index in [1.807, 2.05) is 20.8 Å². The van der Waals surface area contributed by atoms with Crippen LogP contribution in [-0.4, -0.2) is 35.6 Å². The number of amides is 1. The molecule has 0 saturated carbocycles. The van der Waals surface area contributed by atoms with Crippen molar-refractivity contribution in [2.45, 2.75) is 26.2 Å². The number of carbonyl (C=O) groups excluding carboxylic acids is 1. The number of ether oxygens (including phenoxy) is 1. The molecule has 1 aromatic heterocycles. The van der Waals surface area contributed by atoms with E-state index in [9.17, 15) is 4.79 Å². The van der Waals surface area contributed by atoms with E-state index in [1.165, 1.54) is 0 Å². The summed E-state index contributed by atoms with van der Waals surface area (Å²) in [6.07, 6.45) is 0. The van der Waals surface area contributed by atoms with Gasteiger partial charge in [0.1, 0.15) is 23.4 Å². The zero-order valence-corrected chi connectivity index (χ0v) is 12.1. The maximum absolute atomic E-state index is 10.5. The Kier molecular flexibility index (Phi) is 5.50. The minimum atomic E-state index is -0.486. The molecule has 0 unspecified atom stereocenters. The maximum Gasteiger partial charge on any atom is 0.243 e. The van der Waals surface area contributed by atoms with Gasteiger partial charge in [-0.1, -0.05) is 32.4 Å². The largest absolute Gasteiger partial charge is 0.370 e. The van der Waals surface area contributed by atoms with Crippen molar-refractivity contribution in [1.82, 2.24) is 9.97 Å². The van der Waals surface area contributed by atoms with Gasteiger partial charge in [-0.25, -0.2) is 9.97 Å². The normalized spacial score (nSPS) is 11.4. The summed E-state index contributed by atoms with van der Waals surface area (Å²) in [4.78, 5) is 19.0. The molecule has 0 aliphatic carbocycles. The molecule has 1 heterocycles. The topological polar surface area (TPSA) is 90.1 Å². The minimum Gasteiger partial charge on any atom is -0.370 e. The van der Waals surface area contributed by atoms with Crippen molar-refractivity contribution in [1.29, 1.82) is 0 Å². The molecule has 0 saturated heterocycles. The van der Waals surface area contributed by atoms with Gasteiger partial charge >= 0.3 is 0 Å². The summed E-state index contributed by atoms with van der Waals surface area (Å²) in [5.74, 6) is 0.813. The standard InChI is InChI=1S/C12H19ClN4O2/c1-12(2,3)11-16-8(13)6-10(17-11)15-4-5-19-7-9(14)18/h6H,4-5,7H2,1-3H3,(H2,14,18)(H,15,16,17). The fraction of sp³-hybridized carbons (Fsp3) is 0.583. The summed E-state index contributed by atoms with van der Waals surface area (Å²) in [5, 5.41) is 3.45. The van der Waals surface area contributed by atoms with E-state index < -0.39 is 5.91 Å². The molecule has 3 N–H and O–H groups in total. The number of anilines is 1. The molecule has 1 amide bonds. The lowest BCUT2D eigenvalue weighted by atomic mass is 9.96. The van der Waals surface area contributed by atoms with Gasteiger partial charge < -0.3 is 15.8 Å². The second-order valence-corrected chi connectivity index (χ2v) is 5.48. The van der Waals surface area contributed by atoms with Gasteiger partial charge in [0.05, 0.1) is 6.61 Å². The molecule has 0 bridgehead atoms. The highest BCUT2D eigenvalue weighted by Crippen LogP contribution is 2.21. The molecule has 0 radical (unpaired) electrons. The average molecular weight is 287 g/mol. The van der Waals surface area contributed by atoms with Crippen LogP contribution in [0.3, 0.4) is 0 Å². The molecule has 1 aromatic rings. The second-order valence-electron chi connectivity index (χ2n) is 5.10. The fourth-order valence-corrected chi connectivity index (χ4v) is 1.45. The molecule has 6 nitrogen and oxygen atoms in total. The first-order valence-electron chi connectivity index (χ1n) is 5.94. The molecular formula is C12H19ClN4O2. The summed E-state index contributed by atoms with van der Waals surface area (Å²) in [6.45, 7) is 6.81. The van der Waals surface area contributed by atoms with Crippen molar-refractivity contribution in [3.63, 3.8) is 0 Å². The van der Waals surface area contributed by atoms with E-state index in [1.54, 1.807) is 6.07 Å². The van der Waals surface area contributed by atoms with Crippen molar-refractivity contribution in [3.05, 3.63) is 17.0 Å². The van der Waals surface area contributed by atoms with E-state index >= 15 is 0 Å². The number of carbonyl (C=O) groups is 1. The van der Waals surface area contributed by atoms with Crippen LogP contribution in [0.5, 0.6) is 0 Å². The van der Waals surface area contributed by atoms with E-state index in [0.717, 1.165) is 0 Å². The van der Waals surface area contributed by atoms with Crippen LogP contribution in [0.15, 0.2) is 6.07 Å². The molecule has 7 heteroatoms. The predicted octanol–water partition coefficient (Wildman–Crippen LogP) is 1.34. The smallest absolute Gasteiger partial charge is 0.243 e. The molecule has 0 fully saturated rings. The van der Waals surface area contributed by atoms with Gasteiger partial charge in [0, 0.05) is 18.0 Å². The van der Waals surface area contributed by atoms with Gasteiger partial charge in [-0.15, -0.1) is 0 Å². The van der Waals surface area contributed by atoms with Crippen molar-refractivity contribution in [2.24, 2.45) is 5.73 Å². The van der Waals surface area contributed by atoms with Crippen LogP contribution in [0.1, 0.15) is 26.6 Å². The van der Waals surface area contributed by atoms with Gasteiger partial charge in [-0.05, 0) is 0 Å². The van der Waals surface area contributed by atoms with E-state index in [-0.39, 0.29) is 12.0 Å². The fourth-order valence-electron chi connectivity index (χ4n) is 1.27. The van der Waals surface area contributed by atoms with Gasteiger partial charge in [-0.3, -0.25) is 4.79 Å². The molecular weight excluding hydrogens is 268 g/mol. The number of halogens is 1. The van der Waals surface area contributed by atoms with Gasteiger partial charge in [0.15, 0.2) is 0 Å². The highest BCUT2D eigenvalue weighted by atomic mass is 35.5. The number of nitrogens with two attached hydrogens (primary N) is 1. The lowest BCUT2D eigenvalue weighted by Crippen LogP contribution is -2.21. The summed E-state index contributed by atoms with van der Waals surface area (Å²) < 4.78 is 5.03. The second kappa shape index (κ2) is 6.68. The molecule has 1 rings (SSSR count). The Balaban J connectivity index is 2.54. The summed E-state index contributed by atoms with van der Waals surface area (Å²) in [6, 6.07) is 1.64. The molecule has 0 aromatic carbocycles. The first kappa shape index (κ1) is 15.7. The molecule has 0 atom stereocenters. The van der Waals surface area contributed by atoms with Crippen molar-refractivity contribution in [2.75, 3.05) is 25.1 Å². The Hall–Kier alpha value is -1.40. The number of nitrogens with zero attached hydrogens (tertiary/aromatic N) is 2. The highest BCUT2D eigenvalue weighted by Gasteiger charge is 2.18. The van der Waals surface area contributed by atoms with Crippen LogP contribution in [0.4, 0.5) is 5.82 Å². The zero-order chi connectivity index (χ0) is 14.5. The van der Waals surface area contributed by atoms with E-state index in [2.05, 4.69) is 15.3 Å². The number of rotatable bonds is 6. The summed E-state index contributed by atoms with van der Waals surface area (Å²) in [5.41, 5.74) is 4.77. The molecule has 0 spiro atoms. The van der Waals surface area contributed by atoms with Crippen LogP contribution in [0.2, 0.25) is 5.15 Å². The number of hydrogen-bond donors (Lipinski definition) is 2. The van der Waals surface area contributed by atoms with Gasteiger partial charge in [0.2, 0.25) is 5.91 Å². The van der Waals surface area contributed by atoms with E-state index in [4.69, 9.17) is 22.1 Å². The third-order valence-electron chi connectivity index (χ3n) is 2.16. The third kappa shape index (κ3) is 5.85. The Bertz CT molecular complexity index is 446. The Morgan fingerprint density at radius 2 is 2.16 bits per heavy atom. The number of aromatic nitrogens is 2. The lowest BCUT2D eigenvalue weighted by Gasteiger charge is -2.17. The third-order valence-corrected chi connectivity index (χ3v) is 2.36. The molecule has 0 aliphatic heterocycles. The minimum absolute atomic E-state index is 0.0839. The first-order valence-corrected chi connectivity index (χ1v) is 6.32. The Labute approximate surface area is 117 Å². The monoisotopic (exact) mass is 286 g/mol. The van der Waals surface area contributed by atoms with Crippen LogP contribution in [-0.2, 0) is 14.9 Å². The number of nitrogens with one attached hydrogen (secondary N) is 1. The number of hydrogen-bond acceptors (Lipinski definition) is 5. The van der Waals surface area contributed by atoms with Crippen molar-refractivity contribution >= 4 is 23.3 Å². The maximum atomic E-state index is 10.5. The van der Waals surface area contributed by atoms with Crippen molar-refractivity contribution < 1.29 is 9.53 Å². The van der Waals surface area contributed by atoms with Crippen LogP contribution < -0.4 is 11.1 Å². The highest BCUT2D eigenvalue weighted by molar-refractivity contribution is 6.29. The SMILES string of the molecule is CC(C)(C)c1nc(Cl)cc(NCCOCC(N)=O)n1. The molecule has 19 heavy (non-hydrogen) atoms. The molecule has 0 aliphatic rings.